The van der Waals surface area contributed by atoms with Gasteiger partial charge in [-0.2, -0.15) is 4.99 Å². The lowest BCUT2D eigenvalue weighted by Crippen LogP contribution is -2.25. The molecule has 0 amide bonds. The van der Waals surface area contributed by atoms with Gasteiger partial charge in [-0.15, -0.1) is 0 Å². The van der Waals surface area contributed by atoms with E-state index in [1.54, 1.807) is 6.08 Å². The highest BCUT2D eigenvalue weighted by atomic mass is 16.1. The average molecular weight is 193 g/mol. The van der Waals surface area contributed by atoms with Crippen molar-refractivity contribution in [1.29, 1.82) is 0 Å². The van der Waals surface area contributed by atoms with E-state index in [1.807, 2.05) is 0 Å². The van der Waals surface area contributed by atoms with Crippen LogP contribution < -0.4 is 0 Å². The lowest BCUT2D eigenvalue weighted by molar-refractivity contribution is 0.230. The Kier molecular flexibility index (Phi) is 2.73. The van der Waals surface area contributed by atoms with E-state index in [2.05, 4.69) is 11.9 Å². The Labute approximate surface area is 85.8 Å². The van der Waals surface area contributed by atoms with E-state index >= 15 is 0 Å². The molecule has 78 valence electrons. The standard InChI is InChI=1S/C12H19NO/c1-2-10-3-5-11(6-4-10)12(7-8-12)13-9-14/h10-11H,2-8H2,1H3. The van der Waals surface area contributed by atoms with Crippen LogP contribution in [-0.2, 0) is 4.79 Å². The van der Waals surface area contributed by atoms with Crippen molar-refractivity contribution in [1.82, 2.24) is 0 Å². The lowest BCUT2D eigenvalue weighted by Gasteiger charge is -2.31. The first-order valence-electron chi connectivity index (χ1n) is 5.90. The molecule has 2 fully saturated rings. The molecule has 0 bridgehead atoms. The third kappa shape index (κ3) is 1.76. The maximum absolute atomic E-state index is 10.3. The maximum atomic E-state index is 10.3. The molecule has 0 heterocycles. The van der Waals surface area contributed by atoms with Crippen LogP contribution in [0.3, 0.4) is 0 Å². The van der Waals surface area contributed by atoms with Crippen LogP contribution in [0.5, 0.6) is 0 Å². The number of hydrogen-bond donors (Lipinski definition) is 0. The van der Waals surface area contributed by atoms with Crippen LogP contribution >= 0.6 is 0 Å². The molecule has 0 aliphatic heterocycles. The lowest BCUT2D eigenvalue weighted by atomic mass is 9.76. The second kappa shape index (κ2) is 3.86. The molecule has 0 atom stereocenters. The zero-order valence-corrected chi connectivity index (χ0v) is 8.96. The molecule has 2 aliphatic carbocycles. The molecule has 0 unspecified atom stereocenters. The summed E-state index contributed by atoms with van der Waals surface area (Å²) in [4.78, 5) is 14.4. The summed E-state index contributed by atoms with van der Waals surface area (Å²) in [6.07, 6.45) is 10.6. The number of rotatable bonds is 3. The molecule has 0 spiro atoms. The van der Waals surface area contributed by atoms with Crippen LogP contribution in [0.1, 0.15) is 51.9 Å². The summed E-state index contributed by atoms with van der Waals surface area (Å²) in [5.74, 6) is 1.62. The predicted octanol–water partition coefficient (Wildman–Crippen LogP) is 3.07. The molecule has 2 heteroatoms. The zero-order chi connectivity index (χ0) is 10.0. The van der Waals surface area contributed by atoms with Gasteiger partial charge in [0.1, 0.15) is 0 Å². The summed E-state index contributed by atoms with van der Waals surface area (Å²) in [6.45, 7) is 2.28. The average Bonchev–Trinajstić information content (AvgIpc) is 3.00. The highest BCUT2D eigenvalue weighted by Gasteiger charge is 2.50. The molecule has 0 aromatic rings. The molecule has 2 saturated carbocycles. The molecule has 0 saturated heterocycles. The monoisotopic (exact) mass is 193 g/mol. The molecule has 0 aromatic heterocycles. The largest absolute Gasteiger partial charge is 0.235 e. The van der Waals surface area contributed by atoms with Crippen molar-refractivity contribution in [3.05, 3.63) is 0 Å². The normalized spacial score (nSPS) is 34.6. The fourth-order valence-electron chi connectivity index (χ4n) is 2.94. The topological polar surface area (TPSA) is 29.4 Å². The van der Waals surface area contributed by atoms with Crippen molar-refractivity contribution in [3.63, 3.8) is 0 Å². The highest BCUT2D eigenvalue weighted by molar-refractivity contribution is 5.37. The molecule has 14 heavy (non-hydrogen) atoms. The van der Waals surface area contributed by atoms with Crippen molar-refractivity contribution in [2.75, 3.05) is 0 Å². The Bertz CT molecular complexity index is 243. The zero-order valence-electron chi connectivity index (χ0n) is 8.96. The van der Waals surface area contributed by atoms with Crippen LogP contribution in [0.25, 0.3) is 0 Å². The first-order valence-corrected chi connectivity index (χ1v) is 5.90. The van der Waals surface area contributed by atoms with Gasteiger partial charge in [0.15, 0.2) is 0 Å². The van der Waals surface area contributed by atoms with Crippen molar-refractivity contribution in [3.8, 4) is 0 Å². The van der Waals surface area contributed by atoms with E-state index in [4.69, 9.17) is 0 Å². The second-order valence-electron chi connectivity index (χ2n) is 4.93. The van der Waals surface area contributed by atoms with Gasteiger partial charge in [0.05, 0.1) is 5.54 Å². The van der Waals surface area contributed by atoms with Gasteiger partial charge < -0.3 is 0 Å². The van der Waals surface area contributed by atoms with E-state index in [9.17, 15) is 4.79 Å². The second-order valence-corrected chi connectivity index (χ2v) is 4.93. The highest BCUT2D eigenvalue weighted by Crippen LogP contribution is 2.52. The third-order valence-corrected chi connectivity index (χ3v) is 4.21. The molecule has 2 aliphatic rings. The smallest absolute Gasteiger partial charge is 0.211 e. The van der Waals surface area contributed by atoms with Gasteiger partial charge in [0.25, 0.3) is 0 Å². The molecule has 0 radical (unpaired) electrons. The molecule has 0 N–H and O–H groups in total. The fourth-order valence-corrected chi connectivity index (χ4v) is 2.94. The Morgan fingerprint density at radius 3 is 2.36 bits per heavy atom. The van der Waals surface area contributed by atoms with Gasteiger partial charge in [-0.05, 0) is 37.5 Å². The summed E-state index contributed by atoms with van der Waals surface area (Å²) >= 11 is 0. The fraction of sp³-hybridized carbons (Fsp3) is 0.917. The quantitative estimate of drug-likeness (QED) is 0.500. The number of hydrogen-bond acceptors (Lipinski definition) is 2. The van der Waals surface area contributed by atoms with Crippen LogP contribution in [0.15, 0.2) is 4.99 Å². The molecular weight excluding hydrogens is 174 g/mol. The Hall–Kier alpha value is -0.620. The van der Waals surface area contributed by atoms with E-state index in [-0.39, 0.29) is 5.54 Å². The number of aliphatic imine (C=N–C) groups is 1. The summed E-state index contributed by atoms with van der Waals surface area (Å²) < 4.78 is 0. The number of nitrogens with zero attached hydrogens (tertiary/aromatic N) is 1. The minimum absolute atomic E-state index is 0.0560. The molecule has 2 rings (SSSR count). The first kappa shape index (κ1) is 9.92. The SMILES string of the molecule is CCC1CCC(C2(N=C=O)CC2)CC1. The van der Waals surface area contributed by atoms with Gasteiger partial charge >= 0.3 is 0 Å². The van der Waals surface area contributed by atoms with Crippen molar-refractivity contribution in [2.24, 2.45) is 16.8 Å². The summed E-state index contributed by atoms with van der Waals surface area (Å²) in [6, 6.07) is 0. The molecular formula is C12H19NO. The number of isocyanates is 1. The van der Waals surface area contributed by atoms with E-state index in [0.29, 0.717) is 5.92 Å². The minimum Gasteiger partial charge on any atom is -0.211 e. The third-order valence-electron chi connectivity index (χ3n) is 4.21. The molecule has 2 nitrogen and oxygen atoms in total. The van der Waals surface area contributed by atoms with Gasteiger partial charge in [-0.25, -0.2) is 4.79 Å². The van der Waals surface area contributed by atoms with Gasteiger partial charge in [-0.3, -0.25) is 0 Å². The maximum Gasteiger partial charge on any atom is 0.235 e. The van der Waals surface area contributed by atoms with Gasteiger partial charge in [0.2, 0.25) is 6.08 Å². The summed E-state index contributed by atoms with van der Waals surface area (Å²) in [5.41, 5.74) is 0.0560. The van der Waals surface area contributed by atoms with Crippen molar-refractivity contribution in [2.45, 2.75) is 57.4 Å². The molecule has 0 aromatic carbocycles. The van der Waals surface area contributed by atoms with Crippen LogP contribution in [0, 0.1) is 11.8 Å². The van der Waals surface area contributed by atoms with Gasteiger partial charge in [0, 0.05) is 0 Å². The van der Waals surface area contributed by atoms with E-state index in [0.717, 1.165) is 18.8 Å². The predicted molar refractivity (Wildman–Crippen MR) is 55.8 cm³/mol. The van der Waals surface area contributed by atoms with Crippen molar-refractivity contribution < 1.29 is 4.79 Å². The van der Waals surface area contributed by atoms with Gasteiger partial charge in [-0.1, -0.05) is 26.2 Å². The van der Waals surface area contributed by atoms with Crippen molar-refractivity contribution >= 4 is 6.08 Å². The Balaban J connectivity index is 1.92. The first-order chi connectivity index (χ1) is 6.80. The minimum atomic E-state index is 0.0560. The van der Waals surface area contributed by atoms with Crippen LogP contribution in [-0.4, -0.2) is 11.6 Å². The van der Waals surface area contributed by atoms with E-state index < -0.39 is 0 Å². The van der Waals surface area contributed by atoms with Crippen LogP contribution in [0.2, 0.25) is 0 Å². The van der Waals surface area contributed by atoms with E-state index in [1.165, 1.54) is 32.1 Å². The van der Waals surface area contributed by atoms with Crippen LogP contribution in [0.4, 0.5) is 0 Å². The number of carbonyl (C=O) groups excluding carboxylic acids is 1. The summed E-state index contributed by atoms with van der Waals surface area (Å²) in [7, 11) is 0. The Morgan fingerprint density at radius 2 is 1.93 bits per heavy atom. The Morgan fingerprint density at radius 1 is 1.29 bits per heavy atom. The summed E-state index contributed by atoms with van der Waals surface area (Å²) in [5, 5.41) is 0.